The molecule has 29 heavy (non-hydrogen) atoms. The Morgan fingerprint density at radius 1 is 0.862 bits per heavy atom. The second kappa shape index (κ2) is 7.39. The molecule has 146 valence electrons. The second-order valence-electron chi connectivity index (χ2n) is 7.98. The maximum absolute atomic E-state index is 12.9. The van der Waals surface area contributed by atoms with Gasteiger partial charge < -0.3 is 10.6 Å². The molecule has 4 aromatic rings. The van der Waals surface area contributed by atoms with E-state index in [0.717, 1.165) is 28.1 Å². The summed E-state index contributed by atoms with van der Waals surface area (Å²) in [7, 11) is 0. The minimum atomic E-state index is -0.167. The molecule has 0 fully saturated rings. The summed E-state index contributed by atoms with van der Waals surface area (Å²) in [6.07, 6.45) is 0. The molecule has 0 unspecified atom stereocenters. The predicted molar refractivity (Wildman–Crippen MR) is 117 cm³/mol. The third kappa shape index (κ3) is 4.11. The summed E-state index contributed by atoms with van der Waals surface area (Å²) in [6, 6.07) is 21.1. The first kappa shape index (κ1) is 18.7. The van der Waals surface area contributed by atoms with Gasteiger partial charge in [0.15, 0.2) is 0 Å². The quantitative estimate of drug-likeness (QED) is 0.448. The summed E-state index contributed by atoms with van der Waals surface area (Å²) in [5, 5.41) is 17.1. The van der Waals surface area contributed by atoms with Crippen LogP contribution < -0.4 is 10.6 Å². The average Bonchev–Trinajstić information content (AvgIpc) is 3.16. The molecule has 0 atom stereocenters. The topological polar surface area (TPSA) is 82.7 Å². The monoisotopic (exact) mass is 385 g/mol. The van der Waals surface area contributed by atoms with Gasteiger partial charge in [0.25, 0.3) is 5.91 Å². The molecular formula is C23H23N5O. The Balaban J connectivity index is 1.54. The standard InChI is InChI=1S/C23H23N5O/c1-23(2,3)15-8-10-16(11-9-15)25-22(29)18-6-4-5-7-19(18)24-17-12-13-20-21(14-17)27-28-26-20/h4-14,24H,1-3H3,(H,25,29)(H,26,27,28). The molecule has 0 radical (unpaired) electrons. The first-order chi connectivity index (χ1) is 13.9. The number of fused-ring (bicyclic) bond motifs is 1. The highest BCUT2D eigenvalue weighted by Gasteiger charge is 2.15. The molecule has 1 amide bonds. The van der Waals surface area contributed by atoms with Gasteiger partial charge in [-0.2, -0.15) is 15.4 Å². The van der Waals surface area contributed by atoms with Crippen molar-refractivity contribution in [2.24, 2.45) is 0 Å². The molecule has 1 aromatic heterocycles. The van der Waals surface area contributed by atoms with Crippen LogP contribution in [0.4, 0.5) is 17.1 Å². The molecule has 0 aliphatic heterocycles. The highest BCUT2D eigenvalue weighted by atomic mass is 16.1. The number of carbonyl (C=O) groups excluding carboxylic acids is 1. The number of amides is 1. The van der Waals surface area contributed by atoms with Crippen molar-refractivity contribution < 1.29 is 4.79 Å². The maximum Gasteiger partial charge on any atom is 0.257 e. The first-order valence-corrected chi connectivity index (χ1v) is 9.49. The van der Waals surface area contributed by atoms with Crippen LogP contribution in [-0.2, 0) is 5.41 Å². The number of hydrogen-bond acceptors (Lipinski definition) is 4. The Morgan fingerprint density at radius 3 is 2.31 bits per heavy atom. The Hall–Kier alpha value is -3.67. The van der Waals surface area contributed by atoms with Gasteiger partial charge in [0.1, 0.15) is 11.0 Å². The molecule has 0 spiro atoms. The van der Waals surface area contributed by atoms with Crippen molar-refractivity contribution in [1.82, 2.24) is 15.4 Å². The van der Waals surface area contributed by atoms with E-state index < -0.39 is 0 Å². The maximum atomic E-state index is 12.9. The number of rotatable bonds is 4. The molecule has 0 saturated heterocycles. The second-order valence-corrected chi connectivity index (χ2v) is 7.98. The molecule has 0 bridgehead atoms. The van der Waals surface area contributed by atoms with E-state index in [2.05, 4.69) is 46.8 Å². The lowest BCUT2D eigenvalue weighted by Gasteiger charge is -2.19. The SMILES string of the molecule is CC(C)(C)c1ccc(NC(=O)c2ccccc2Nc2ccc3n[nH]nc3c2)cc1. The van der Waals surface area contributed by atoms with Crippen LogP contribution in [0.3, 0.4) is 0 Å². The summed E-state index contributed by atoms with van der Waals surface area (Å²) >= 11 is 0. The molecule has 3 aromatic carbocycles. The largest absolute Gasteiger partial charge is 0.355 e. The van der Waals surface area contributed by atoms with Crippen LogP contribution in [0.1, 0.15) is 36.7 Å². The summed E-state index contributed by atoms with van der Waals surface area (Å²) in [5.41, 5.74) is 5.73. The van der Waals surface area contributed by atoms with E-state index in [1.54, 1.807) is 6.07 Å². The van der Waals surface area contributed by atoms with E-state index >= 15 is 0 Å². The number of H-pyrrole nitrogens is 1. The summed E-state index contributed by atoms with van der Waals surface area (Å²) in [4.78, 5) is 12.9. The Morgan fingerprint density at radius 2 is 1.55 bits per heavy atom. The van der Waals surface area contributed by atoms with Crippen molar-refractivity contribution in [2.75, 3.05) is 10.6 Å². The van der Waals surface area contributed by atoms with Gasteiger partial charge in [-0.25, -0.2) is 0 Å². The number of para-hydroxylation sites is 1. The van der Waals surface area contributed by atoms with Gasteiger partial charge in [0, 0.05) is 11.4 Å². The average molecular weight is 385 g/mol. The third-order valence-corrected chi connectivity index (χ3v) is 4.78. The number of anilines is 3. The number of aromatic amines is 1. The van der Waals surface area contributed by atoms with Crippen LogP contribution >= 0.6 is 0 Å². The molecule has 4 rings (SSSR count). The van der Waals surface area contributed by atoms with E-state index in [0.29, 0.717) is 5.56 Å². The van der Waals surface area contributed by atoms with Crippen molar-refractivity contribution in [2.45, 2.75) is 26.2 Å². The molecule has 1 heterocycles. The number of benzene rings is 3. The lowest BCUT2D eigenvalue weighted by molar-refractivity contribution is 0.102. The lowest BCUT2D eigenvalue weighted by Crippen LogP contribution is -2.15. The van der Waals surface area contributed by atoms with Gasteiger partial charge in [-0.1, -0.05) is 45.0 Å². The Kier molecular flexibility index (Phi) is 4.76. The number of carbonyl (C=O) groups is 1. The van der Waals surface area contributed by atoms with Gasteiger partial charge in [-0.3, -0.25) is 4.79 Å². The fraction of sp³-hybridized carbons (Fsp3) is 0.174. The number of nitrogens with zero attached hydrogens (tertiary/aromatic N) is 2. The smallest absolute Gasteiger partial charge is 0.257 e. The predicted octanol–water partition coefficient (Wildman–Crippen LogP) is 5.25. The van der Waals surface area contributed by atoms with Gasteiger partial charge >= 0.3 is 0 Å². The van der Waals surface area contributed by atoms with Crippen LogP contribution in [0.15, 0.2) is 66.7 Å². The first-order valence-electron chi connectivity index (χ1n) is 9.49. The van der Waals surface area contributed by atoms with Crippen LogP contribution in [0.5, 0.6) is 0 Å². The lowest BCUT2D eigenvalue weighted by atomic mass is 9.87. The molecule has 6 nitrogen and oxygen atoms in total. The van der Waals surface area contributed by atoms with E-state index in [4.69, 9.17) is 0 Å². The van der Waals surface area contributed by atoms with Gasteiger partial charge in [0.2, 0.25) is 0 Å². The fourth-order valence-electron chi connectivity index (χ4n) is 3.12. The van der Waals surface area contributed by atoms with Gasteiger partial charge in [0.05, 0.1) is 11.3 Å². The van der Waals surface area contributed by atoms with Gasteiger partial charge in [-0.05, 0) is 53.4 Å². The van der Waals surface area contributed by atoms with Crippen molar-refractivity contribution >= 4 is 34.0 Å². The molecule has 6 heteroatoms. The van der Waals surface area contributed by atoms with Gasteiger partial charge in [-0.15, -0.1) is 0 Å². The van der Waals surface area contributed by atoms with E-state index in [1.807, 2.05) is 60.7 Å². The minimum absolute atomic E-state index is 0.0734. The Bertz CT molecular complexity index is 1160. The normalized spacial score (nSPS) is 11.4. The van der Waals surface area contributed by atoms with Crippen LogP contribution in [0.25, 0.3) is 11.0 Å². The van der Waals surface area contributed by atoms with Crippen molar-refractivity contribution in [1.29, 1.82) is 0 Å². The zero-order valence-electron chi connectivity index (χ0n) is 16.7. The third-order valence-electron chi connectivity index (χ3n) is 4.78. The van der Waals surface area contributed by atoms with Crippen LogP contribution in [0.2, 0.25) is 0 Å². The summed E-state index contributed by atoms with van der Waals surface area (Å²) in [6.45, 7) is 6.50. The van der Waals surface area contributed by atoms with Crippen LogP contribution in [-0.4, -0.2) is 21.3 Å². The summed E-state index contributed by atoms with van der Waals surface area (Å²) < 4.78 is 0. The summed E-state index contributed by atoms with van der Waals surface area (Å²) in [5.74, 6) is -0.167. The zero-order valence-corrected chi connectivity index (χ0v) is 16.7. The molecule has 0 aliphatic carbocycles. The van der Waals surface area contributed by atoms with Crippen molar-refractivity contribution in [3.63, 3.8) is 0 Å². The number of hydrogen-bond donors (Lipinski definition) is 3. The molecule has 0 aliphatic rings. The zero-order chi connectivity index (χ0) is 20.4. The van der Waals surface area contributed by atoms with Crippen molar-refractivity contribution in [3.8, 4) is 0 Å². The molecule has 3 N–H and O–H groups in total. The van der Waals surface area contributed by atoms with E-state index in [1.165, 1.54) is 5.56 Å². The highest BCUT2D eigenvalue weighted by Crippen LogP contribution is 2.26. The minimum Gasteiger partial charge on any atom is -0.355 e. The number of nitrogens with one attached hydrogen (secondary N) is 3. The Labute approximate surface area is 169 Å². The van der Waals surface area contributed by atoms with E-state index in [9.17, 15) is 4.79 Å². The van der Waals surface area contributed by atoms with Crippen molar-refractivity contribution in [3.05, 3.63) is 77.9 Å². The van der Waals surface area contributed by atoms with E-state index in [-0.39, 0.29) is 11.3 Å². The van der Waals surface area contributed by atoms with Crippen LogP contribution in [0, 0.1) is 0 Å². The highest BCUT2D eigenvalue weighted by molar-refractivity contribution is 6.08. The number of aromatic nitrogens is 3. The molecular weight excluding hydrogens is 362 g/mol. The fourth-order valence-corrected chi connectivity index (χ4v) is 3.12. The molecule has 0 saturated carbocycles.